The summed E-state index contributed by atoms with van der Waals surface area (Å²) in [6.45, 7) is 3.19. The first kappa shape index (κ1) is 15.9. The highest BCUT2D eigenvalue weighted by molar-refractivity contribution is 7.89. The number of sulfonamides is 1. The number of nitrogens with zero attached hydrogens (tertiary/aromatic N) is 1. The van der Waals surface area contributed by atoms with Gasteiger partial charge in [-0.15, -0.1) is 0 Å². The molecule has 0 saturated carbocycles. The summed E-state index contributed by atoms with van der Waals surface area (Å²) in [5.74, 6) is -1.74. The number of hydrogen-bond donors (Lipinski definition) is 2. The molecule has 0 aromatic carbocycles. The third-order valence-electron chi connectivity index (χ3n) is 3.21. The van der Waals surface area contributed by atoms with Crippen LogP contribution in [0, 0.1) is 0 Å². The predicted molar refractivity (Wildman–Crippen MR) is 69.0 cm³/mol. The molecule has 1 saturated heterocycles. The third kappa shape index (κ3) is 3.90. The van der Waals surface area contributed by atoms with E-state index in [0.29, 0.717) is 13.0 Å². The summed E-state index contributed by atoms with van der Waals surface area (Å²) in [4.78, 5) is 22.7. The van der Waals surface area contributed by atoms with Gasteiger partial charge in [0.1, 0.15) is 12.1 Å². The van der Waals surface area contributed by atoms with Gasteiger partial charge in [-0.1, -0.05) is 6.42 Å². The number of hydrogen-bond acceptors (Lipinski definition) is 4. The lowest BCUT2D eigenvalue weighted by molar-refractivity contribution is -0.142. The van der Waals surface area contributed by atoms with Crippen molar-refractivity contribution >= 4 is 21.9 Å². The summed E-state index contributed by atoms with van der Waals surface area (Å²) in [6, 6.07) is -1.82. The summed E-state index contributed by atoms with van der Waals surface area (Å²) in [6.07, 6.45) is 1.91. The number of piperidine rings is 1. The fourth-order valence-corrected chi connectivity index (χ4v) is 3.36. The van der Waals surface area contributed by atoms with Crippen LogP contribution >= 0.6 is 0 Å². The Morgan fingerprint density at radius 2 is 2.05 bits per heavy atom. The van der Waals surface area contributed by atoms with E-state index in [9.17, 15) is 18.0 Å². The van der Waals surface area contributed by atoms with Gasteiger partial charge in [0.15, 0.2) is 0 Å². The second kappa shape index (κ2) is 6.33. The zero-order valence-corrected chi connectivity index (χ0v) is 11.9. The minimum absolute atomic E-state index is 0.0642. The summed E-state index contributed by atoms with van der Waals surface area (Å²) in [7, 11) is -3.45. The highest BCUT2D eigenvalue weighted by atomic mass is 32.2. The SMILES string of the molecule is CCS(=O)(=O)N1CCCC[C@@H]1C(=O)N[C@@H](C)C(=O)O. The number of nitrogens with one attached hydrogen (secondary N) is 1. The Labute approximate surface area is 113 Å². The van der Waals surface area contributed by atoms with Gasteiger partial charge in [-0.05, 0) is 26.7 Å². The predicted octanol–water partition coefficient (Wildman–Crippen LogP) is -0.220. The van der Waals surface area contributed by atoms with Crippen LogP contribution in [0.15, 0.2) is 0 Å². The molecule has 19 heavy (non-hydrogen) atoms. The Hall–Kier alpha value is -1.15. The Morgan fingerprint density at radius 3 is 2.58 bits per heavy atom. The van der Waals surface area contributed by atoms with Crippen molar-refractivity contribution in [1.29, 1.82) is 0 Å². The molecule has 1 rings (SSSR count). The molecule has 1 heterocycles. The minimum atomic E-state index is -3.45. The van der Waals surface area contributed by atoms with E-state index in [1.807, 2.05) is 0 Å². The van der Waals surface area contributed by atoms with Crippen LogP contribution in [0.4, 0.5) is 0 Å². The fraction of sp³-hybridized carbons (Fsp3) is 0.818. The molecule has 2 atom stereocenters. The Balaban J connectivity index is 2.83. The van der Waals surface area contributed by atoms with Crippen molar-refractivity contribution in [2.24, 2.45) is 0 Å². The maximum Gasteiger partial charge on any atom is 0.325 e. The van der Waals surface area contributed by atoms with Crippen LogP contribution in [0.2, 0.25) is 0 Å². The minimum Gasteiger partial charge on any atom is -0.480 e. The van der Waals surface area contributed by atoms with Gasteiger partial charge in [-0.2, -0.15) is 4.31 Å². The van der Waals surface area contributed by atoms with Gasteiger partial charge in [0.05, 0.1) is 5.75 Å². The van der Waals surface area contributed by atoms with Gasteiger partial charge >= 0.3 is 5.97 Å². The second-order valence-corrected chi connectivity index (χ2v) is 6.80. The van der Waals surface area contributed by atoms with E-state index in [0.717, 1.165) is 12.8 Å². The summed E-state index contributed by atoms with van der Waals surface area (Å²) in [5, 5.41) is 11.1. The first-order valence-electron chi connectivity index (χ1n) is 6.32. The number of carboxylic acid groups (broad SMARTS) is 1. The third-order valence-corrected chi connectivity index (χ3v) is 5.09. The number of carboxylic acids is 1. The molecule has 0 aromatic heterocycles. The zero-order valence-electron chi connectivity index (χ0n) is 11.1. The highest BCUT2D eigenvalue weighted by Crippen LogP contribution is 2.21. The van der Waals surface area contributed by atoms with Crippen LogP contribution in [0.3, 0.4) is 0 Å². The average Bonchev–Trinajstić information content (AvgIpc) is 2.38. The van der Waals surface area contributed by atoms with Crippen LogP contribution in [-0.4, -0.2) is 54.1 Å². The van der Waals surface area contributed by atoms with E-state index < -0.39 is 34.0 Å². The Bertz CT molecular complexity index is 448. The molecule has 0 radical (unpaired) electrons. The molecule has 0 aromatic rings. The van der Waals surface area contributed by atoms with Crippen molar-refractivity contribution in [3.8, 4) is 0 Å². The summed E-state index contributed by atoms with van der Waals surface area (Å²) < 4.78 is 25.0. The van der Waals surface area contributed by atoms with Gasteiger partial charge in [0.2, 0.25) is 15.9 Å². The highest BCUT2D eigenvalue weighted by Gasteiger charge is 2.36. The van der Waals surface area contributed by atoms with Crippen molar-refractivity contribution in [3.05, 3.63) is 0 Å². The van der Waals surface area contributed by atoms with Crippen LogP contribution in [-0.2, 0) is 19.6 Å². The van der Waals surface area contributed by atoms with Gasteiger partial charge in [0.25, 0.3) is 0 Å². The molecule has 0 bridgehead atoms. The first-order chi connectivity index (χ1) is 8.79. The van der Waals surface area contributed by atoms with Gasteiger partial charge in [-0.25, -0.2) is 8.42 Å². The van der Waals surface area contributed by atoms with Crippen LogP contribution in [0.1, 0.15) is 33.1 Å². The van der Waals surface area contributed by atoms with E-state index in [4.69, 9.17) is 5.11 Å². The molecule has 1 aliphatic heterocycles. The normalized spacial score (nSPS) is 22.7. The first-order valence-corrected chi connectivity index (χ1v) is 7.93. The van der Waals surface area contributed by atoms with E-state index in [1.54, 1.807) is 0 Å². The van der Waals surface area contributed by atoms with Crippen molar-refractivity contribution < 1.29 is 23.1 Å². The van der Waals surface area contributed by atoms with Gasteiger partial charge in [-0.3, -0.25) is 9.59 Å². The number of carbonyl (C=O) groups excluding carboxylic acids is 1. The molecule has 0 aliphatic carbocycles. The zero-order chi connectivity index (χ0) is 14.6. The van der Waals surface area contributed by atoms with Crippen LogP contribution in [0.5, 0.6) is 0 Å². The molecule has 0 spiro atoms. The number of amides is 1. The monoisotopic (exact) mass is 292 g/mol. The lowest BCUT2D eigenvalue weighted by Crippen LogP contribution is -2.54. The van der Waals surface area contributed by atoms with Crippen LogP contribution < -0.4 is 5.32 Å². The molecular weight excluding hydrogens is 272 g/mol. The largest absolute Gasteiger partial charge is 0.480 e. The standard InChI is InChI=1S/C11H20N2O5S/c1-3-19(17,18)13-7-5-4-6-9(13)10(14)12-8(2)11(15)16/h8-9H,3-7H2,1-2H3,(H,12,14)(H,15,16)/t8-,9+/m0/s1. The van der Waals surface area contributed by atoms with Crippen molar-refractivity contribution in [2.75, 3.05) is 12.3 Å². The molecule has 8 heteroatoms. The Morgan fingerprint density at radius 1 is 1.42 bits per heavy atom. The molecule has 2 N–H and O–H groups in total. The van der Waals surface area contributed by atoms with Crippen LogP contribution in [0.25, 0.3) is 0 Å². The summed E-state index contributed by atoms with van der Waals surface area (Å²) in [5.41, 5.74) is 0. The molecule has 110 valence electrons. The second-order valence-electron chi connectivity index (χ2n) is 4.59. The van der Waals surface area contributed by atoms with Gasteiger partial charge < -0.3 is 10.4 Å². The number of aliphatic carboxylic acids is 1. The maximum atomic E-state index is 12.0. The summed E-state index contributed by atoms with van der Waals surface area (Å²) >= 11 is 0. The van der Waals surface area contributed by atoms with Crippen molar-refractivity contribution in [2.45, 2.75) is 45.2 Å². The Kier molecular flexibility index (Phi) is 5.30. The molecule has 1 aliphatic rings. The lowest BCUT2D eigenvalue weighted by atomic mass is 10.0. The molecular formula is C11H20N2O5S. The topological polar surface area (TPSA) is 104 Å². The maximum absolute atomic E-state index is 12.0. The van der Waals surface area contributed by atoms with E-state index in [-0.39, 0.29) is 5.75 Å². The van der Waals surface area contributed by atoms with E-state index in [1.165, 1.54) is 18.2 Å². The van der Waals surface area contributed by atoms with E-state index in [2.05, 4.69) is 5.32 Å². The van der Waals surface area contributed by atoms with Gasteiger partial charge in [0, 0.05) is 6.54 Å². The fourth-order valence-electron chi connectivity index (χ4n) is 2.04. The molecule has 7 nitrogen and oxygen atoms in total. The smallest absolute Gasteiger partial charge is 0.325 e. The van der Waals surface area contributed by atoms with E-state index >= 15 is 0 Å². The molecule has 1 fully saturated rings. The number of carbonyl (C=O) groups is 2. The molecule has 0 unspecified atom stereocenters. The quantitative estimate of drug-likeness (QED) is 0.729. The van der Waals surface area contributed by atoms with Crippen molar-refractivity contribution in [1.82, 2.24) is 9.62 Å². The average molecular weight is 292 g/mol. The number of rotatable bonds is 5. The lowest BCUT2D eigenvalue weighted by Gasteiger charge is -2.33. The van der Waals surface area contributed by atoms with Crippen molar-refractivity contribution in [3.63, 3.8) is 0 Å². The molecule has 1 amide bonds.